The first-order chi connectivity index (χ1) is 32.1. The average Bonchev–Trinajstić information content (AvgIpc) is 3.88. The van der Waals surface area contributed by atoms with Crippen molar-refractivity contribution >= 4 is 99.0 Å². The normalized spacial score (nSPS) is 29.8. The highest BCUT2D eigenvalue weighted by atomic mass is 79.9. The highest BCUT2D eigenvalue weighted by Crippen LogP contribution is 2.73. The molecule has 4 saturated carbocycles. The van der Waals surface area contributed by atoms with E-state index in [0.29, 0.717) is 34.8 Å². The minimum Gasteiger partial charge on any atom is -0.390 e. The summed E-state index contributed by atoms with van der Waals surface area (Å²) >= 11 is 6.89. The number of ether oxygens (including phenoxy) is 2. The predicted molar refractivity (Wildman–Crippen MR) is 263 cm³/mol. The minimum atomic E-state index is -0.851. The third-order valence-electron chi connectivity index (χ3n) is 15.7. The van der Waals surface area contributed by atoms with E-state index in [4.69, 9.17) is 32.4 Å². The minimum absolute atomic E-state index is 0.0223. The molecule has 0 radical (unpaired) electrons. The number of pyridine rings is 2. The molecule has 0 unspecified atom stereocenters. The van der Waals surface area contributed by atoms with E-state index in [1.807, 2.05) is 54.9 Å². The van der Waals surface area contributed by atoms with E-state index in [0.717, 1.165) is 91.3 Å². The van der Waals surface area contributed by atoms with Gasteiger partial charge in [-0.2, -0.15) is 0 Å². The van der Waals surface area contributed by atoms with Crippen LogP contribution in [0.1, 0.15) is 62.7 Å². The summed E-state index contributed by atoms with van der Waals surface area (Å²) in [5.74, 6) is 1.95. The van der Waals surface area contributed by atoms with Crippen LogP contribution in [0, 0.1) is 22.7 Å². The molecule has 7 heterocycles. The van der Waals surface area contributed by atoms with Crippen LogP contribution in [0.25, 0.3) is 43.9 Å². The predicted octanol–water partition coefficient (Wildman–Crippen LogP) is 7.44. The number of nitrogens with two attached hydrogens (primary N) is 4. The number of halogens is 2. The van der Waals surface area contributed by atoms with Gasteiger partial charge in [-0.3, -0.25) is 0 Å². The number of aromatic nitrogens is 8. The van der Waals surface area contributed by atoms with Crippen molar-refractivity contribution in [1.29, 1.82) is 0 Å². The van der Waals surface area contributed by atoms with Crippen molar-refractivity contribution < 1.29 is 19.7 Å². The molecule has 67 heavy (non-hydrogen) atoms. The van der Waals surface area contributed by atoms with Crippen LogP contribution in [0.4, 0.5) is 23.3 Å². The first-order valence-corrected chi connectivity index (χ1v) is 24.3. The van der Waals surface area contributed by atoms with Crippen molar-refractivity contribution in [1.82, 2.24) is 39.0 Å². The fourth-order valence-corrected chi connectivity index (χ4v) is 12.9. The molecule has 0 spiro atoms. The molecule has 5 fully saturated rings. The van der Waals surface area contributed by atoms with Gasteiger partial charge >= 0.3 is 0 Å². The van der Waals surface area contributed by atoms with Crippen LogP contribution in [0.3, 0.4) is 0 Å². The highest BCUT2D eigenvalue weighted by molar-refractivity contribution is 9.11. The van der Waals surface area contributed by atoms with E-state index >= 15 is 0 Å². The Hall–Kier alpha value is -5.50. The lowest BCUT2D eigenvalue weighted by Gasteiger charge is -2.24. The van der Waals surface area contributed by atoms with E-state index in [1.54, 1.807) is 0 Å². The first kappa shape index (κ1) is 42.8. The van der Waals surface area contributed by atoms with Crippen molar-refractivity contribution in [3.05, 3.63) is 106 Å². The Labute approximate surface area is 401 Å². The fourth-order valence-electron chi connectivity index (χ4n) is 12.3. The number of nitrogens with zero attached hydrogens (tertiary/aromatic N) is 8. The molecule has 6 aromatic heterocycles. The number of hydrogen-bond donors (Lipinski definition) is 6. The lowest BCUT2D eigenvalue weighted by atomic mass is 9.91. The SMILES string of the molecule is CC1(C)O[C@H]2[C@H](n3ccc4c(N)ncnc43)[C@H]3C[C@@]3(CCc3ccc4cc(Br)c(N)nc4c3)[C@H]2O1.Nc1nc2cc(CC[C@@]34C[C@@H]3[C@@H](n3ccc5c(N)ncnc53)[C@H](O)[C@@H]4O)ccc2cc1Br. The zero-order valence-electron chi connectivity index (χ0n) is 36.8. The Morgan fingerprint density at radius 1 is 0.642 bits per heavy atom. The van der Waals surface area contributed by atoms with E-state index in [9.17, 15) is 10.2 Å². The summed E-state index contributed by atoms with van der Waals surface area (Å²) in [7, 11) is 0. The van der Waals surface area contributed by atoms with E-state index in [-0.39, 0.29) is 41.0 Å². The maximum absolute atomic E-state index is 11.0. The molecule has 2 aromatic carbocycles. The number of aliphatic hydroxyl groups excluding tert-OH is 2. The van der Waals surface area contributed by atoms with Crippen LogP contribution in [-0.2, 0) is 22.3 Å². The average molecular weight is 1030 g/mol. The summed E-state index contributed by atoms with van der Waals surface area (Å²) in [5, 5.41) is 25.7. The molecule has 10 atom stereocenters. The molecule has 4 aliphatic carbocycles. The lowest BCUT2D eigenvalue weighted by molar-refractivity contribution is -0.161. The van der Waals surface area contributed by atoms with Crippen molar-refractivity contribution in [3.63, 3.8) is 0 Å². The molecule has 1 saturated heterocycles. The van der Waals surface area contributed by atoms with Gasteiger partial charge in [0, 0.05) is 34.0 Å². The smallest absolute Gasteiger partial charge is 0.163 e. The van der Waals surface area contributed by atoms with Crippen molar-refractivity contribution in [3.8, 4) is 0 Å². The Morgan fingerprint density at radius 3 is 1.72 bits per heavy atom. The number of fused-ring (bicyclic) bond motifs is 8. The van der Waals surface area contributed by atoms with Gasteiger partial charge < -0.3 is 51.8 Å². The van der Waals surface area contributed by atoms with E-state index < -0.39 is 18.0 Å². The summed E-state index contributed by atoms with van der Waals surface area (Å²) in [6.07, 6.45) is 10.9. The second-order valence-electron chi connectivity index (χ2n) is 19.7. The van der Waals surface area contributed by atoms with Crippen LogP contribution in [0.2, 0.25) is 0 Å². The topological polar surface area (TPSA) is 250 Å². The van der Waals surface area contributed by atoms with Gasteiger partial charge in [-0.15, -0.1) is 0 Å². The number of benzene rings is 2. The maximum atomic E-state index is 11.0. The lowest BCUT2D eigenvalue weighted by Crippen LogP contribution is -2.34. The monoisotopic (exact) mass is 1030 g/mol. The van der Waals surface area contributed by atoms with Crippen molar-refractivity contribution in [2.24, 2.45) is 22.7 Å². The quantitative estimate of drug-likeness (QED) is 0.0866. The number of rotatable bonds is 8. The number of nitrogen functional groups attached to an aromatic ring is 4. The van der Waals surface area contributed by atoms with Crippen LogP contribution in [0.15, 0.2) is 94.7 Å². The second-order valence-corrected chi connectivity index (χ2v) is 21.4. The molecule has 10 N–H and O–H groups in total. The van der Waals surface area contributed by atoms with Gasteiger partial charge in [0.25, 0.3) is 0 Å². The fraction of sp³-hybridized carbons (Fsp3) is 0.388. The van der Waals surface area contributed by atoms with Crippen LogP contribution >= 0.6 is 31.9 Å². The standard InChI is InChI=1S/C26H27BrN6O2.C23H23BrN6O2/c1-25(2)34-20-19(33-8-6-15-22(28)30-12-31-24(15)33)16-11-26(16,21(20)35-25)7-5-13-3-4-14-10-17(27)23(29)32-18(14)9-13;24-15-8-12-2-1-11(7-16(12)29-21(15)26)3-5-23-9-14(23)17(18(31)19(23)32)30-6-4-13-20(25)27-10-28-22(13)30/h3-4,6,8-10,12,16,19-21H,5,7,11H2,1-2H3,(H2,29,32)(H2,28,30,31);1-2,4,6-8,10,14,17-19,31-32H,3,5,9H2,(H2,26,29)(H2,25,27,28)/t16-,19-,20+,21+,26-;14-,17-,18+,19+,23-/m11/s1. The van der Waals surface area contributed by atoms with Gasteiger partial charge in [-0.05, 0) is 144 Å². The van der Waals surface area contributed by atoms with E-state index in [2.05, 4.69) is 103 Å². The van der Waals surface area contributed by atoms with Crippen molar-refractivity contribution in [2.75, 3.05) is 22.9 Å². The molecule has 16 nitrogen and oxygen atoms in total. The molecule has 0 amide bonds. The Balaban J connectivity index is 0.000000140. The Morgan fingerprint density at radius 2 is 1.15 bits per heavy atom. The molecule has 18 heteroatoms. The summed E-state index contributed by atoms with van der Waals surface area (Å²) in [6, 6.07) is 20.5. The number of hydrogen-bond acceptors (Lipinski definition) is 14. The molecule has 344 valence electrons. The largest absolute Gasteiger partial charge is 0.390 e. The van der Waals surface area contributed by atoms with Crippen LogP contribution < -0.4 is 22.9 Å². The third-order valence-corrected chi connectivity index (χ3v) is 17.0. The molecular formula is C49H50Br2N12O4. The molecule has 8 aromatic rings. The molecule has 1 aliphatic heterocycles. The van der Waals surface area contributed by atoms with Crippen molar-refractivity contribution in [2.45, 2.75) is 94.7 Å². The summed E-state index contributed by atoms with van der Waals surface area (Å²) in [6.45, 7) is 4.03. The van der Waals surface area contributed by atoms with Crippen LogP contribution in [-0.4, -0.2) is 79.5 Å². The number of aliphatic hydroxyl groups is 2. The summed E-state index contributed by atoms with van der Waals surface area (Å²) in [5.41, 5.74) is 29.6. The molecule has 0 bridgehead atoms. The first-order valence-electron chi connectivity index (χ1n) is 22.7. The van der Waals surface area contributed by atoms with Gasteiger partial charge in [-0.1, -0.05) is 24.3 Å². The summed E-state index contributed by atoms with van der Waals surface area (Å²) < 4.78 is 18.9. The van der Waals surface area contributed by atoms with Gasteiger partial charge in [0.2, 0.25) is 0 Å². The van der Waals surface area contributed by atoms with Gasteiger partial charge in [0.15, 0.2) is 5.79 Å². The van der Waals surface area contributed by atoms with Crippen LogP contribution in [0.5, 0.6) is 0 Å². The van der Waals surface area contributed by atoms with Gasteiger partial charge in [-0.25, -0.2) is 29.9 Å². The Kier molecular flexibility index (Phi) is 9.75. The Bertz CT molecular complexity index is 3310. The maximum Gasteiger partial charge on any atom is 0.163 e. The zero-order chi connectivity index (χ0) is 46.3. The molecular weight excluding hydrogens is 980 g/mol. The zero-order valence-corrected chi connectivity index (χ0v) is 40.0. The second kappa shape index (κ2) is 15.3. The number of aryl methyl sites for hydroxylation is 2. The highest BCUT2D eigenvalue weighted by Gasteiger charge is 2.75. The van der Waals surface area contributed by atoms with E-state index in [1.165, 1.54) is 18.2 Å². The molecule has 5 aliphatic rings. The molecule has 13 rings (SSSR count). The summed E-state index contributed by atoms with van der Waals surface area (Å²) in [4.78, 5) is 26.2. The number of anilines is 4. The third kappa shape index (κ3) is 6.80. The van der Waals surface area contributed by atoms with Gasteiger partial charge in [0.05, 0.1) is 55.0 Å². The van der Waals surface area contributed by atoms with Gasteiger partial charge in [0.1, 0.15) is 59.4 Å².